The summed E-state index contributed by atoms with van der Waals surface area (Å²) in [6, 6.07) is 2.85. The molecule has 0 saturated heterocycles. The summed E-state index contributed by atoms with van der Waals surface area (Å²) in [5.74, 6) is -3.22. The van der Waals surface area contributed by atoms with Crippen molar-refractivity contribution in [2.45, 2.75) is 0 Å². The lowest BCUT2D eigenvalue weighted by atomic mass is 10.2. The van der Waals surface area contributed by atoms with E-state index in [4.69, 9.17) is 15.2 Å². The lowest BCUT2D eigenvalue weighted by molar-refractivity contribution is -0.136. The van der Waals surface area contributed by atoms with E-state index >= 15 is 0 Å². The molecule has 1 aromatic rings. The van der Waals surface area contributed by atoms with Crippen molar-refractivity contribution in [1.82, 2.24) is 4.98 Å². The topological polar surface area (TPSA) is 109 Å². The first-order chi connectivity index (χ1) is 8.08. The first-order valence-corrected chi connectivity index (χ1v) is 4.48. The number of aromatic nitrogens is 1. The van der Waals surface area contributed by atoms with Crippen molar-refractivity contribution in [1.29, 1.82) is 0 Å². The second-order valence-corrected chi connectivity index (χ2v) is 3.04. The molecule has 1 aliphatic heterocycles. The summed E-state index contributed by atoms with van der Waals surface area (Å²) in [6.45, 7) is 0. The van der Waals surface area contributed by atoms with E-state index in [1.54, 1.807) is 0 Å². The fourth-order valence-electron chi connectivity index (χ4n) is 1.16. The molecule has 0 saturated carbocycles. The van der Waals surface area contributed by atoms with Gasteiger partial charge in [0.15, 0.2) is 5.75 Å². The van der Waals surface area contributed by atoms with Gasteiger partial charge in [0, 0.05) is 12.3 Å². The summed E-state index contributed by atoms with van der Waals surface area (Å²) >= 11 is 0. The molecule has 1 amide bonds. The summed E-state index contributed by atoms with van der Waals surface area (Å²) in [6.07, 6.45) is 2.03. The molecule has 1 aliphatic rings. The maximum atomic E-state index is 11.5. The van der Waals surface area contributed by atoms with E-state index in [1.807, 2.05) is 0 Å². The molecule has 0 atom stereocenters. The molecule has 7 heteroatoms. The number of ether oxygens (including phenoxy) is 2. The zero-order valence-corrected chi connectivity index (χ0v) is 8.38. The largest absolute Gasteiger partial charge is 0.417 e. The molecule has 7 nitrogen and oxygen atoms in total. The van der Waals surface area contributed by atoms with Crippen molar-refractivity contribution < 1.29 is 23.9 Å². The first-order valence-electron chi connectivity index (χ1n) is 4.48. The van der Waals surface area contributed by atoms with E-state index in [-0.39, 0.29) is 11.6 Å². The maximum Gasteiger partial charge on any atom is 0.349 e. The molecule has 0 radical (unpaired) electrons. The SMILES string of the molecule is NC(=O)/C1=C\C(=O)Oc2ncccc2OC1=O. The van der Waals surface area contributed by atoms with Crippen molar-refractivity contribution >= 4 is 17.8 Å². The van der Waals surface area contributed by atoms with Crippen LogP contribution < -0.4 is 15.2 Å². The van der Waals surface area contributed by atoms with Gasteiger partial charge in [0.2, 0.25) is 0 Å². The number of nitrogens with zero attached hydrogens (tertiary/aromatic N) is 1. The van der Waals surface area contributed by atoms with E-state index in [9.17, 15) is 14.4 Å². The summed E-state index contributed by atoms with van der Waals surface area (Å²) in [5, 5.41) is 0. The summed E-state index contributed by atoms with van der Waals surface area (Å²) in [7, 11) is 0. The Hall–Kier alpha value is -2.70. The molecule has 0 spiro atoms. The van der Waals surface area contributed by atoms with E-state index in [0.29, 0.717) is 6.08 Å². The predicted octanol–water partition coefficient (Wildman–Crippen LogP) is -0.682. The number of hydrogen-bond donors (Lipinski definition) is 1. The molecule has 17 heavy (non-hydrogen) atoms. The third-order valence-corrected chi connectivity index (χ3v) is 1.88. The summed E-state index contributed by atoms with van der Waals surface area (Å²) in [5.41, 5.74) is 4.35. The number of carbonyl (C=O) groups is 3. The van der Waals surface area contributed by atoms with Gasteiger partial charge in [0.25, 0.3) is 11.8 Å². The van der Waals surface area contributed by atoms with Gasteiger partial charge in [-0.25, -0.2) is 14.6 Å². The lowest BCUT2D eigenvalue weighted by Gasteiger charge is -2.11. The number of hydrogen-bond acceptors (Lipinski definition) is 6. The van der Waals surface area contributed by atoms with Crippen molar-refractivity contribution in [2.75, 3.05) is 0 Å². The van der Waals surface area contributed by atoms with Crippen LogP contribution in [0.2, 0.25) is 0 Å². The van der Waals surface area contributed by atoms with Crippen LogP contribution in [0.3, 0.4) is 0 Å². The monoisotopic (exact) mass is 234 g/mol. The Morgan fingerprint density at radius 2 is 2.06 bits per heavy atom. The highest BCUT2D eigenvalue weighted by Crippen LogP contribution is 2.26. The number of carbonyl (C=O) groups excluding carboxylic acids is 3. The highest BCUT2D eigenvalue weighted by atomic mass is 16.6. The predicted molar refractivity (Wildman–Crippen MR) is 52.8 cm³/mol. The van der Waals surface area contributed by atoms with Crippen LogP contribution in [-0.2, 0) is 14.4 Å². The molecule has 2 heterocycles. The van der Waals surface area contributed by atoms with Crippen LogP contribution in [0.25, 0.3) is 0 Å². The molecule has 2 rings (SSSR count). The quantitative estimate of drug-likeness (QED) is 0.509. The molecule has 0 aliphatic carbocycles. The van der Waals surface area contributed by atoms with Crippen LogP contribution in [0.5, 0.6) is 11.6 Å². The van der Waals surface area contributed by atoms with Crippen LogP contribution in [0.4, 0.5) is 0 Å². The normalized spacial score (nSPS) is 17.8. The molecular weight excluding hydrogens is 228 g/mol. The second kappa shape index (κ2) is 4.05. The Morgan fingerprint density at radius 3 is 2.76 bits per heavy atom. The molecule has 2 N–H and O–H groups in total. The number of nitrogens with two attached hydrogens (primary N) is 1. The third kappa shape index (κ3) is 2.12. The van der Waals surface area contributed by atoms with Gasteiger partial charge in [-0.1, -0.05) is 0 Å². The first kappa shape index (κ1) is 10.8. The molecule has 0 unspecified atom stereocenters. The average molecular weight is 234 g/mol. The van der Waals surface area contributed by atoms with Gasteiger partial charge in [-0.15, -0.1) is 0 Å². The number of amides is 1. The van der Waals surface area contributed by atoms with Crippen LogP contribution in [0.1, 0.15) is 0 Å². The Bertz CT molecular complexity index is 549. The molecular formula is C10H6N2O5. The van der Waals surface area contributed by atoms with Gasteiger partial charge < -0.3 is 15.2 Å². The van der Waals surface area contributed by atoms with Crippen molar-refractivity contribution in [3.8, 4) is 11.6 Å². The molecule has 0 bridgehead atoms. The van der Waals surface area contributed by atoms with Crippen molar-refractivity contribution in [2.24, 2.45) is 5.73 Å². The third-order valence-electron chi connectivity index (χ3n) is 1.88. The molecule has 0 fully saturated rings. The fraction of sp³-hybridized carbons (Fsp3) is 0. The minimum atomic E-state index is -1.07. The number of fused-ring (bicyclic) bond motifs is 1. The smallest absolute Gasteiger partial charge is 0.349 e. The number of pyridine rings is 1. The minimum Gasteiger partial charge on any atom is -0.417 e. The van der Waals surface area contributed by atoms with Crippen LogP contribution in [0.15, 0.2) is 30.0 Å². The standard InChI is InChI=1S/C10H6N2O5/c11-8(14)5-4-7(13)17-9-6(16-10(5)15)2-1-3-12-9/h1-4H,(H2,11,14)/b5-4+. The van der Waals surface area contributed by atoms with Crippen LogP contribution in [-0.4, -0.2) is 22.8 Å². The van der Waals surface area contributed by atoms with E-state index in [2.05, 4.69) is 4.98 Å². The van der Waals surface area contributed by atoms with E-state index < -0.39 is 23.4 Å². The Kier molecular flexibility index (Phi) is 2.57. The second-order valence-electron chi connectivity index (χ2n) is 3.04. The van der Waals surface area contributed by atoms with Gasteiger partial charge >= 0.3 is 11.9 Å². The highest BCUT2D eigenvalue weighted by Gasteiger charge is 2.25. The Morgan fingerprint density at radius 1 is 1.29 bits per heavy atom. The average Bonchev–Trinajstić information content (AvgIpc) is 2.26. The number of rotatable bonds is 1. The minimum absolute atomic E-state index is 0.0577. The summed E-state index contributed by atoms with van der Waals surface area (Å²) in [4.78, 5) is 37.4. The van der Waals surface area contributed by atoms with E-state index in [1.165, 1.54) is 18.3 Å². The van der Waals surface area contributed by atoms with Crippen molar-refractivity contribution in [3.05, 3.63) is 30.0 Å². The Labute approximate surface area is 94.8 Å². The van der Waals surface area contributed by atoms with Crippen molar-refractivity contribution in [3.63, 3.8) is 0 Å². The van der Waals surface area contributed by atoms with Gasteiger partial charge in [-0.3, -0.25) is 4.79 Å². The van der Waals surface area contributed by atoms with E-state index in [0.717, 1.165) is 0 Å². The zero-order chi connectivity index (χ0) is 12.4. The maximum absolute atomic E-state index is 11.5. The fourth-order valence-corrected chi connectivity index (χ4v) is 1.16. The van der Waals surface area contributed by atoms with Gasteiger partial charge in [0.1, 0.15) is 5.57 Å². The Balaban J connectivity index is 2.46. The van der Waals surface area contributed by atoms with Crippen LogP contribution >= 0.6 is 0 Å². The lowest BCUT2D eigenvalue weighted by Crippen LogP contribution is -2.27. The number of esters is 2. The van der Waals surface area contributed by atoms with Gasteiger partial charge in [-0.2, -0.15) is 0 Å². The number of primary amides is 1. The molecule has 0 aromatic carbocycles. The molecule has 86 valence electrons. The highest BCUT2D eigenvalue weighted by molar-refractivity contribution is 6.19. The zero-order valence-electron chi connectivity index (χ0n) is 8.38. The summed E-state index contributed by atoms with van der Waals surface area (Å²) < 4.78 is 9.57. The van der Waals surface area contributed by atoms with Crippen LogP contribution in [0, 0.1) is 0 Å². The van der Waals surface area contributed by atoms with Gasteiger partial charge in [0.05, 0.1) is 0 Å². The van der Waals surface area contributed by atoms with Gasteiger partial charge in [-0.05, 0) is 12.1 Å². The molecule has 1 aromatic heterocycles.